The van der Waals surface area contributed by atoms with Gasteiger partial charge in [-0.1, -0.05) is 42.5 Å². The van der Waals surface area contributed by atoms with Gasteiger partial charge < -0.3 is 15.4 Å². The molecule has 1 heterocycles. The molecule has 2 N–H and O–H groups in total. The van der Waals surface area contributed by atoms with Crippen LogP contribution in [0, 0.1) is 0 Å². The number of nitrogens with one attached hydrogen (secondary N) is 2. The Labute approximate surface area is 170 Å². The van der Waals surface area contributed by atoms with Gasteiger partial charge in [0.2, 0.25) is 0 Å². The zero-order valence-corrected chi connectivity index (χ0v) is 15.9. The lowest BCUT2D eigenvalue weighted by molar-refractivity contribution is -0.176. The monoisotopic (exact) mass is 419 g/mol. The fourth-order valence-corrected chi connectivity index (χ4v) is 2.63. The van der Waals surface area contributed by atoms with Crippen molar-refractivity contribution in [2.75, 3.05) is 6.61 Å². The molecule has 158 valence electrons. The van der Waals surface area contributed by atoms with Crippen molar-refractivity contribution < 1.29 is 22.7 Å². The summed E-state index contributed by atoms with van der Waals surface area (Å²) in [6.45, 7) is -0.957. The van der Waals surface area contributed by atoms with Gasteiger partial charge in [-0.05, 0) is 23.3 Å². The van der Waals surface area contributed by atoms with Gasteiger partial charge in [-0.15, -0.1) is 10.2 Å². The van der Waals surface area contributed by atoms with E-state index in [0.29, 0.717) is 11.4 Å². The average molecular weight is 419 g/mol. The van der Waals surface area contributed by atoms with Crippen LogP contribution in [0.1, 0.15) is 17.0 Å². The van der Waals surface area contributed by atoms with Crippen molar-refractivity contribution in [3.63, 3.8) is 0 Å². The van der Waals surface area contributed by atoms with Crippen LogP contribution in [0.15, 0.2) is 60.9 Å². The third kappa shape index (κ3) is 6.59. The molecule has 0 atom stereocenters. The minimum absolute atomic E-state index is 0.129. The van der Waals surface area contributed by atoms with Crippen molar-refractivity contribution in [2.24, 2.45) is 0 Å². The summed E-state index contributed by atoms with van der Waals surface area (Å²) >= 11 is 0. The number of para-hydroxylation sites is 1. The number of carbonyl (C=O) groups is 1. The Morgan fingerprint density at radius 3 is 2.33 bits per heavy atom. The zero-order valence-electron chi connectivity index (χ0n) is 15.9. The van der Waals surface area contributed by atoms with E-state index in [4.69, 9.17) is 0 Å². The number of nitrogens with zero attached hydrogens (tertiary/aromatic N) is 3. The van der Waals surface area contributed by atoms with Crippen LogP contribution in [0.5, 0.6) is 0 Å². The number of benzene rings is 2. The Bertz CT molecular complexity index is 943. The third-order valence-corrected chi connectivity index (χ3v) is 4.07. The maximum absolute atomic E-state index is 12.1. The van der Waals surface area contributed by atoms with E-state index in [9.17, 15) is 18.0 Å². The summed E-state index contributed by atoms with van der Waals surface area (Å²) in [5.41, 5.74) is 2.31. The molecule has 0 aliphatic heterocycles. The van der Waals surface area contributed by atoms with Crippen molar-refractivity contribution >= 4 is 6.03 Å². The standard InChI is InChI=1S/C20H20F3N5O2/c21-20(22,23)13-30-12-16-8-6-15(7-9-16)10-24-19(29)25-11-18-27-26-14-28(18)17-4-2-1-3-5-17/h1-9,14H,10-13H2,(H2,24,25,29). The molecule has 0 saturated heterocycles. The predicted octanol–water partition coefficient (Wildman–Crippen LogP) is 3.35. The lowest BCUT2D eigenvalue weighted by Crippen LogP contribution is -2.35. The van der Waals surface area contributed by atoms with Crippen LogP contribution in [-0.2, 0) is 24.4 Å². The summed E-state index contributed by atoms with van der Waals surface area (Å²) in [5, 5.41) is 13.3. The van der Waals surface area contributed by atoms with Crippen molar-refractivity contribution in [3.05, 3.63) is 77.9 Å². The third-order valence-electron chi connectivity index (χ3n) is 4.07. The number of aromatic nitrogens is 3. The van der Waals surface area contributed by atoms with E-state index in [-0.39, 0.29) is 25.7 Å². The first-order valence-electron chi connectivity index (χ1n) is 9.09. The summed E-state index contributed by atoms with van der Waals surface area (Å²) in [7, 11) is 0. The Morgan fingerprint density at radius 2 is 1.63 bits per heavy atom. The Morgan fingerprint density at radius 1 is 0.967 bits per heavy atom. The van der Waals surface area contributed by atoms with Gasteiger partial charge >= 0.3 is 12.2 Å². The number of alkyl halides is 3. The molecule has 7 nitrogen and oxygen atoms in total. The van der Waals surface area contributed by atoms with Gasteiger partial charge in [0.25, 0.3) is 0 Å². The highest BCUT2D eigenvalue weighted by Gasteiger charge is 2.27. The molecule has 0 radical (unpaired) electrons. The summed E-state index contributed by atoms with van der Waals surface area (Å²) in [5.74, 6) is 0.583. The minimum atomic E-state index is -4.34. The number of urea groups is 1. The molecule has 30 heavy (non-hydrogen) atoms. The molecule has 2 aromatic carbocycles. The van der Waals surface area contributed by atoms with Gasteiger partial charge in [0.05, 0.1) is 13.2 Å². The minimum Gasteiger partial charge on any atom is -0.367 e. The molecule has 0 fully saturated rings. The molecule has 3 aromatic rings. The highest BCUT2D eigenvalue weighted by Crippen LogP contribution is 2.16. The number of hydrogen-bond acceptors (Lipinski definition) is 4. The summed E-state index contributed by atoms with van der Waals surface area (Å²) < 4.78 is 42.6. The van der Waals surface area contributed by atoms with E-state index < -0.39 is 12.8 Å². The van der Waals surface area contributed by atoms with Crippen LogP contribution in [0.2, 0.25) is 0 Å². The van der Waals surface area contributed by atoms with Crippen LogP contribution >= 0.6 is 0 Å². The molecule has 0 saturated carbocycles. The summed E-state index contributed by atoms with van der Waals surface area (Å²) in [6, 6.07) is 15.9. The maximum atomic E-state index is 12.1. The van der Waals surface area contributed by atoms with E-state index in [1.807, 2.05) is 30.3 Å². The van der Waals surface area contributed by atoms with E-state index in [1.54, 1.807) is 35.2 Å². The lowest BCUT2D eigenvalue weighted by atomic mass is 10.1. The van der Waals surface area contributed by atoms with Crippen LogP contribution in [-0.4, -0.2) is 33.6 Å². The first-order valence-corrected chi connectivity index (χ1v) is 9.09. The number of carbonyl (C=O) groups excluding carboxylic acids is 1. The predicted molar refractivity (Wildman–Crippen MR) is 103 cm³/mol. The van der Waals surface area contributed by atoms with E-state index in [0.717, 1.165) is 11.3 Å². The van der Waals surface area contributed by atoms with Crippen molar-refractivity contribution in [1.82, 2.24) is 25.4 Å². The molecular formula is C20H20F3N5O2. The molecule has 0 aliphatic rings. The average Bonchev–Trinajstić information content (AvgIpc) is 3.20. The molecule has 0 spiro atoms. The smallest absolute Gasteiger partial charge is 0.367 e. The second-order valence-corrected chi connectivity index (χ2v) is 6.41. The van der Waals surface area contributed by atoms with Gasteiger partial charge in [-0.25, -0.2) is 4.79 Å². The highest BCUT2D eigenvalue weighted by atomic mass is 19.4. The summed E-state index contributed by atoms with van der Waals surface area (Å²) in [6.07, 6.45) is -2.77. The SMILES string of the molecule is O=C(NCc1ccc(COCC(F)(F)F)cc1)NCc1nncn1-c1ccccc1. The fraction of sp³-hybridized carbons (Fsp3) is 0.250. The molecule has 0 aliphatic carbocycles. The number of ether oxygens (including phenoxy) is 1. The van der Waals surface area contributed by atoms with Crippen LogP contribution in [0.3, 0.4) is 0 Å². The number of amides is 2. The van der Waals surface area contributed by atoms with Gasteiger partial charge in [0.1, 0.15) is 12.9 Å². The van der Waals surface area contributed by atoms with Crippen LogP contribution in [0.25, 0.3) is 5.69 Å². The van der Waals surface area contributed by atoms with Gasteiger partial charge in [-0.2, -0.15) is 13.2 Å². The van der Waals surface area contributed by atoms with Crippen LogP contribution < -0.4 is 10.6 Å². The zero-order chi connectivity index (χ0) is 21.4. The Hall–Kier alpha value is -3.40. The number of halogens is 3. The molecule has 10 heteroatoms. The fourth-order valence-electron chi connectivity index (χ4n) is 2.63. The second kappa shape index (κ2) is 9.88. The van der Waals surface area contributed by atoms with Crippen molar-refractivity contribution in [1.29, 1.82) is 0 Å². The van der Waals surface area contributed by atoms with Gasteiger partial charge in [-0.3, -0.25) is 4.57 Å². The number of hydrogen-bond donors (Lipinski definition) is 2. The van der Waals surface area contributed by atoms with E-state index >= 15 is 0 Å². The molecule has 3 rings (SSSR count). The molecule has 1 aromatic heterocycles. The maximum Gasteiger partial charge on any atom is 0.411 e. The largest absolute Gasteiger partial charge is 0.411 e. The molecular weight excluding hydrogens is 399 g/mol. The number of rotatable bonds is 8. The van der Waals surface area contributed by atoms with E-state index in [2.05, 4.69) is 25.6 Å². The summed E-state index contributed by atoms with van der Waals surface area (Å²) in [4.78, 5) is 12.1. The Kier molecular flexibility index (Phi) is 7.02. The highest BCUT2D eigenvalue weighted by molar-refractivity contribution is 5.73. The van der Waals surface area contributed by atoms with E-state index in [1.165, 1.54) is 0 Å². The lowest BCUT2D eigenvalue weighted by Gasteiger charge is -2.10. The molecule has 2 amide bonds. The van der Waals surface area contributed by atoms with Crippen LogP contribution in [0.4, 0.5) is 18.0 Å². The quantitative estimate of drug-likeness (QED) is 0.587. The van der Waals surface area contributed by atoms with Gasteiger partial charge in [0.15, 0.2) is 5.82 Å². The second-order valence-electron chi connectivity index (χ2n) is 6.41. The van der Waals surface area contributed by atoms with Crippen molar-refractivity contribution in [3.8, 4) is 5.69 Å². The van der Waals surface area contributed by atoms with Gasteiger partial charge in [0, 0.05) is 12.2 Å². The Balaban J connectivity index is 1.43. The molecule has 0 unspecified atom stereocenters. The topological polar surface area (TPSA) is 81.1 Å². The molecule has 0 bridgehead atoms. The first-order chi connectivity index (χ1) is 14.4. The normalized spacial score (nSPS) is 11.3. The first kappa shape index (κ1) is 21.3. The van der Waals surface area contributed by atoms with Crippen molar-refractivity contribution in [2.45, 2.75) is 25.9 Å².